The number of nitrogens with one attached hydrogen (secondary N) is 1. The van der Waals surface area contributed by atoms with E-state index >= 15 is 0 Å². The Morgan fingerprint density at radius 2 is 1.68 bits per heavy atom. The van der Waals surface area contributed by atoms with Gasteiger partial charge >= 0.3 is 0 Å². The molecule has 0 bridgehead atoms. The third kappa shape index (κ3) is 5.47. The smallest absolute Gasteiger partial charge is 0.269 e. The van der Waals surface area contributed by atoms with Crippen molar-refractivity contribution in [3.63, 3.8) is 0 Å². The first-order chi connectivity index (χ1) is 15.8. The largest absolute Gasteiger partial charge is 0.350 e. The standard InChI is InChI=1S/C25H31N3O5S/c1-17-10-12-19(13-11-17)16-27(18(2)23(30)26-25(3,4)5)22(29)14-15-28-24(31)20-8-6-7-9-21(20)34(28,32)33/h6-13,18H,14-16H2,1-5H3,(H,26,30)/t18-/m1/s1. The first-order valence-electron chi connectivity index (χ1n) is 11.1. The Kier molecular flexibility index (Phi) is 7.16. The zero-order valence-electron chi connectivity index (χ0n) is 20.2. The molecule has 1 N–H and O–H groups in total. The van der Waals surface area contributed by atoms with E-state index in [1.165, 1.54) is 17.0 Å². The van der Waals surface area contributed by atoms with Crippen molar-refractivity contribution in [1.29, 1.82) is 0 Å². The molecule has 1 aliphatic rings. The summed E-state index contributed by atoms with van der Waals surface area (Å²) in [6.07, 6.45) is -0.238. The number of fused-ring (bicyclic) bond motifs is 1. The predicted molar refractivity (Wildman–Crippen MR) is 128 cm³/mol. The summed E-state index contributed by atoms with van der Waals surface area (Å²) < 4.78 is 26.4. The molecular weight excluding hydrogens is 454 g/mol. The number of benzene rings is 2. The normalized spacial score (nSPS) is 15.6. The van der Waals surface area contributed by atoms with Crippen LogP contribution in [0, 0.1) is 6.92 Å². The van der Waals surface area contributed by atoms with Crippen LogP contribution in [0.15, 0.2) is 53.4 Å². The minimum atomic E-state index is -4.01. The summed E-state index contributed by atoms with van der Waals surface area (Å²) >= 11 is 0. The number of hydrogen-bond acceptors (Lipinski definition) is 5. The van der Waals surface area contributed by atoms with Crippen molar-refractivity contribution in [3.05, 3.63) is 65.2 Å². The second-order valence-corrected chi connectivity index (χ2v) is 11.4. The molecule has 0 radical (unpaired) electrons. The maximum atomic E-state index is 13.3. The zero-order chi connectivity index (χ0) is 25.3. The van der Waals surface area contributed by atoms with E-state index in [-0.39, 0.29) is 35.9 Å². The first kappa shape index (κ1) is 25.4. The average Bonchev–Trinajstić information content (AvgIpc) is 2.95. The number of rotatable bonds is 7. The van der Waals surface area contributed by atoms with Gasteiger partial charge in [0.1, 0.15) is 10.9 Å². The lowest BCUT2D eigenvalue weighted by atomic mass is 10.1. The molecule has 2 aromatic rings. The Balaban J connectivity index is 1.80. The lowest BCUT2D eigenvalue weighted by molar-refractivity contribution is -0.141. The van der Waals surface area contributed by atoms with Gasteiger partial charge in [0.25, 0.3) is 15.9 Å². The summed E-state index contributed by atoms with van der Waals surface area (Å²) in [7, 11) is -4.01. The van der Waals surface area contributed by atoms with Gasteiger partial charge in [0.05, 0.1) is 5.56 Å². The topological polar surface area (TPSA) is 104 Å². The highest BCUT2D eigenvalue weighted by atomic mass is 32.2. The van der Waals surface area contributed by atoms with E-state index in [1.807, 2.05) is 52.0 Å². The summed E-state index contributed by atoms with van der Waals surface area (Å²) in [5.74, 6) is -1.38. The van der Waals surface area contributed by atoms with Gasteiger partial charge in [-0.3, -0.25) is 14.4 Å². The van der Waals surface area contributed by atoms with Crippen molar-refractivity contribution < 1.29 is 22.8 Å². The fraction of sp³-hybridized carbons (Fsp3) is 0.400. The van der Waals surface area contributed by atoms with Gasteiger partial charge in [-0.05, 0) is 52.3 Å². The van der Waals surface area contributed by atoms with Crippen molar-refractivity contribution >= 4 is 27.7 Å². The maximum Gasteiger partial charge on any atom is 0.269 e. The summed E-state index contributed by atoms with van der Waals surface area (Å²) in [5.41, 5.74) is 1.53. The molecule has 9 heteroatoms. The van der Waals surface area contributed by atoms with Gasteiger partial charge in [0, 0.05) is 25.0 Å². The number of carbonyl (C=O) groups excluding carboxylic acids is 3. The second-order valence-electron chi connectivity index (χ2n) is 9.55. The van der Waals surface area contributed by atoms with Gasteiger partial charge in [-0.1, -0.05) is 42.0 Å². The van der Waals surface area contributed by atoms with Crippen molar-refractivity contribution in [2.24, 2.45) is 0 Å². The molecule has 3 rings (SSSR count). The number of sulfonamides is 1. The third-order valence-electron chi connectivity index (χ3n) is 5.58. The van der Waals surface area contributed by atoms with Crippen molar-refractivity contribution in [3.8, 4) is 0 Å². The lowest BCUT2D eigenvalue weighted by Crippen LogP contribution is -2.52. The van der Waals surface area contributed by atoms with Gasteiger partial charge in [-0.25, -0.2) is 12.7 Å². The molecule has 0 aromatic heterocycles. The number of hydrogen-bond donors (Lipinski definition) is 1. The van der Waals surface area contributed by atoms with Gasteiger partial charge < -0.3 is 10.2 Å². The van der Waals surface area contributed by atoms with Crippen LogP contribution in [0.3, 0.4) is 0 Å². The van der Waals surface area contributed by atoms with Crippen LogP contribution in [0.2, 0.25) is 0 Å². The highest BCUT2D eigenvalue weighted by molar-refractivity contribution is 7.90. The van der Waals surface area contributed by atoms with Crippen LogP contribution >= 0.6 is 0 Å². The quantitative estimate of drug-likeness (QED) is 0.650. The Morgan fingerprint density at radius 3 is 2.26 bits per heavy atom. The lowest BCUT2D eigenvalue weighted by Gasteiger charge is -2.32. The molecule has 1 heterocycles. The SMILES string of the molecule is Cc1ccc(CN(C(=O)CCN2C(=O)c3ccccc3S2(=O)=O)[C@H](C)C(=O)NC(C)(C)C)cc1. The maximum absolute atomic E-state index is 13.3. The second kappa shape index (κ2) is 9.58. The van der Waals surface area contributed by atoms with E-state index in [4.69, 9.17) is 0 Å². The molecule has 3 amide bonds. The van der Waals surface area contributed by atoms with Crippen LogP contribution in [0.4, 0.5) is 0 Å². The molecule has 0 fully saturated rings. The summed E-state index contributed by atoms with van der Waals surface area (Å²) in [5, 5.41) is 2.89. The van der Waals surface area contributed by atoms with Crippen molar-refractivity contribution in [2.45, 2.75) is 64.1 Å². The molecule has 0 saturated heterocycles. The van der Waals surface area contributed by atoms with E-state index in [1.54, 1.807) is 19.1 Å². The van der Waals surface area contributed by atoms with E-state index in [9.17, 15) is 22.8 Å². The average molecular weight is 486 g/mol. The molecule has 34 heavy (non-hydrogen) atoms. The van der Waals surface area contributed by atoms with Crippen LogP contribution in [-0.2, 0) is 26.2 Å². The Morgan fingerprint density at radius 1 is 1.06 bits per heavy atom. The number of nitrogens with zero attached hydrogens (tertiary/aromatic N) is 2. The molecule has 0 aliphatic carbocycles. The van der Waals surface area contributed by atoms with Gasteiger partial charge in [0.15, 0.2) is 0 Å². The van der Waals surface area contributed by atoms with E-state index in [2.05, 4.69) is 5.32 Å². The Labute approximate surface area is 201 Å². The highest BCUT2D eigenvalue weighted by Gasteiger charge is 2.41. The van der Waals surface area contributed by atoms with Gasteiger partial charge in [-0.2, -0.15) is 0 Å². The van der Waals surface area contributed by atoms with Crippen LogP contribution in [0.25, 0.3) is 0 Å². The monoisotopic (exact) mass is 485 g/mol. The number of aryl methyl sites for hydroxylation is 1. The molecule has 1 aliphatic heterocycles. The summed E-state index contributed by atoms with van der Waals surface area (Å²) in [4.78, 5) is 40.2. The highest BCUT2D eigenvalue weighted by Crippen LogP contribution is 2.30. The fourth-order valence-corrected chi connectivity index (χ4v) is 5.31. The summed E-state index contributed by atoms with van der Waals surface area (Å²) in [6, 6.07) is 12.8. The minimum absolute atomic E-state index is 0.0538. The minimum Gasteiger partial charge on any atom is -0.350 e. The van der Waals surface area contributed by atoms with E-state index in [0.717, 1.165) is 15.4 Å². The van der Waals surface area contributed by atoms with E-state index in [0.29, 0.717) is 0 Å². The molecule has 0 unspecified atom stereocenters. The third-order valence-corrected chi connectivity index (χ3v) is 7.42. The Hall–Kier alpha value is -3.20. The molecule has 0 spiro atoms. The van der Waals surface area contributed by atoms with Crippen LogP contribution < -0.4 is 5.32 Å². The number of amides is 3. The zero-order valence-corrected chi connectivity index (χ0v) is 21.0. The fourth-order valence-electron chi connectivity index (χ4n) is 3.74. The predicted octanol–water partition coefficient (Wildman–Crippen LogP) is 2.86. The van der Waals surface area contributed by atoms with E-state index < -0.39 is 33.4 Å². The van der Waals surface area contributed by atoms with Gasteiger partial charge in [-0.15, -0.1) is 0 Å². The van der Waals surface area contributed by atoms with Crippen LogP contribution in [0.1, 0.15) is 55.6 Å². The Bertz CT molecular complexity index is 1200. The molecule has 8 nitrogen and oxygen atoms in total. The molecule has 0 saturated carbocycles. The molecule has 2 aromatic carbocycles. The number of carbonyl (C=O) groups is 3. The van der Waals surface area contributed by atoms with Crippen LogP contribution in [-0.4, -0.2) is 53.5 Å². The summed E-state index contributed by atoms with van der Waals surface area (Å²) in [6.45, 7) is 9.03. The van der Waals surface area contributed by atoms with Crippen LogP contribution in [0.5, 0.6) is 0 Å². The molecular formula is C25H31N3O5S. The molecule has 1 atom stereocenters. The van der Waals surface area contributed by atoms with Crippen molar-refractivity contribution in [2.75, 3.05) is 6.54 Å². The van der Waals surface area contributed by atoms with Crippen molar-refractivity contribution in [1.82, 2.24) is 14.5 Å². The first-order valence-corrected chi connectivity index (χ1v) is 12.6. The van der Waals surface area contributed by atoms with Gasteiger partial charge in [0.2, 0.25) is 11.8 Å². The molecule has 182 valence electrons.